The van der Waals surface area contributed by atoms with Gasteiger partial charge in [-0.2, -0.15) is 0 Å². The first-order chi connectivity index (χ1) is 8.40. The summed E-state index contributed by atoms with van der Waals surface area (Å²) in [6.07, 6.45) is 19.4. The van der Waals surface area contributed by atoms with Gasteiger partial charge in [0.05, 0.1) is 0 Å². The molecule has 0 amide bonds. The standard InChI is InChI=1S/C17H31/c1-2-16(17-12-8-5-9-13-17)14-15-10-6-3-4-7-11-15/h15,17H,2-14H2,1H3. The summed E-state index contributed by atoms with van der Waals surface area (Å²) in [5, 5.41) is 0. The minimum atomic E-state index is 1.01. The van der Waals surface area contributed by atoms with E-state index >= 15 is 0 Å². The summed E-state index contributed by atoms with van der Waals surface area (Å²) in [6, 6.07) is 0. The van der Waals surface area contributed by atoms with Crippen LogP contribution in [0.15, 0.2) is 0 Å². The van der Waals surface area contributed by atoms with Gasteiger partial charge in [-0.25, -0.2) is 0 Å². The second kappa shape index (κ2) is 7.44. The van der Waals surface area contributed by atoms with E-state index in [1.807, 2.05) is 5.92 Å². The molecule has 99 valence electrons. The third-order valence-electron chi connectivity index (χ3n) is 5.16. The van der Waals surface area contributed by atoms with E-state index in [9.17, 15) is 0 Å². The lowest BCUT2D eigenvalue weighted by Crippen LogP contribution is -2.18. The number of hydrogen-bond donors (Lipinski definition) is 0. The summed E-state index contributed by atoms with van der Waals surface area (Å²) in [7, 11) is 0. The molecule has 0 nitrogen and oxygen atoms in total. The first-order valence-electron chi connectivity index (χ1n) is 8.24. The smallest absolute Gasteiger partial charge is 0.0210 e. The van der Waals surface area contributed by atoms with Gasteiger partial charge in [0.25, 0.3) is 0 Å². The Morgan fingerprint density at radius 2 is 1.29 bits per heavy atom. The highest BCUT2D eigenvalue weighted by molar-refractivity contribution is 4.98. The summed E-state index contributed by atoms with van der Waals surface area (Å²) in [5.41, 5.74) is 0. The zero-order valence-electron chi connectivity index (χ0n) is 11.8. The highest BCUT2D eigenvalue weighted by Gasteiger charge is 2.25. The summed E-state index contributed by atoms with van der Waals surface area (Å²) >= 11 is 0. The molecule has 0 aliphatic heterocycles. The molecule has 0 bridgehead atoms. The van der Waals surface area contributed by atoms with Crippen LogP contribution in [0.1, 0.15) is 90.4 Å². The maximum absolute atomic E-state index is 2.40. The second-order valence-electron chi connectivity index (χ2n) is 6.41. The van der Waals surface area contributed by atoms with E-state index in [0.29, 0.717) is 0 Å². The summed E-state index contributed by atoms with van der Waals surface area (Å²) < 4.78 is 0. The Morgan fingerprint density at radius 3 is 1.88 bits per heavy atom. The predicted octanol–water partition coefficient (Wildman–Crippen LogP) is 5.91. The molecule has 0 aromatic rings. The summed E-state index contributed by atoms with van der Waals surface area (Å²) in [5.74, 6) is 4.00. The van der Waals surface area contributed by atoms with Gasteiger partial charge in [-0.1, -0.05) is 64.7 Å². The van der Waals surface area contributed by atoms with Crippen molar-refractivity contribution in [1.29, 1.82) is 0 Å². The van der Waals surface area contributed by atoms with Crippen LogP contribution in [0.2, 0.25) is 0 Å². The average molecular weight is 235 g/mol. The van der Waals surface area contributed by atoms with Gasteiger partial charge in [0.1, 0.15) is 0 Å². The van der Waals surface area contributed by atoms with E-state index < -0.39 is 0 Å². The Morgan fingerprint density at radius 1 is 0.765 bits per heavy atom. The van der Waals surface area contributed by atoms with Gasteiger partial charge in [-0.05, 0) is 43.4 Å². The SMILES string of the molecule is CC[C](CC1CCCCCC1)C1CCCCC1. The molecule has 2 saturated carbocycles. The zero-order chi connectivity index (χ0) is 11.9. The molecule has 0 heteroatoms. The van der Waals surface area contributed by atoms with Gasteiger partial charge in [-0.15, -0.1) is 0 Å². The molecule has 0 unspecified atom stereocenters. The molecular weight excluding hydrogens is 204 g/mol. The van der Waals surface area contributed by atoms with Crippen molar-refractivity contribution < 1.29 is 0 Å². The van der Waals surface area contributed by atoms with Crippen LogP contribution in [0, 0.1) is 17.8 Å². The van der Waals surface area contributed by atoms with Crippen LogP contribution in [0.5, 0.6) is 0 Å². The molecular formula is C17H31. The minimum absolute atomic E-state index is 1.01. The molecule has 2 fully saturated rings. The van der Waals surface area contributed by atoms with Crippen molar-refractivity contribution in [3.05, 3.63) is 5.92 Å². The van der Waals surface area contributed by atoms with Gasteiger partial charge in [0.2, 0.25) is 0 Å². The highest BCUT2D eigenvalue weighted by atomic mass is 14.3. The molecule has 2 rings (SSSR count). The molecule has 0 atom stereocenters. The topological polar surface area (TPSA) is 0 Å². The maximum Gasteiger partial charge on any atom is -0.0210 e. The fourth-order valence-electron chi connectivity index (χ4n) is 4.05. The Hall–Kier alpha value is 0. The molecule has 1 radical (unpaired) electrons. The summed E-state index contributed by atoms with van der Waals surface area (Å²) in [4.78, 5) is 0. The first kappa shape index (κ1) is 13.4. The van der Waals surface area contributed by atoms with E-state index in [4.69, 9.17) is 0 Å². The van der Waals surface area contributed by atoms with E-state index in [0.717, 1.165) is 11.8 Å². The lowest BCUT2D eigenvalue weighted by molar-refractivity contribution is 0.315. The Kier molecular flexibility index (Phi) is 5.88. The van der Waals surface area contributed by atoms with Crippen LogP contribution < -0.4 is 0 Å². The van der Waals surface area contributed by atoms with E-state index in [-0.39, 0.29) is 0 Å². The van der Waals surface area contributed by atoms with Gasteiger partial charge in [0, 0.05) is 0 Å². The van der Waals surface area contributed by atoms with Gasteiger partial charge >= 0.3 is 0 Å². The predicted molar refractivity (Wildman–Crippen MR) is 75.9 cm³/mol. The van der Waals surface area contributed by atoms with Crippen molar-refractivity contribution in [2.45, 2.75) is 90.4 Å². The van der Waals surface area contributed by atoms with Crippen LogP contribution in [-0.4, -0.2) is 0 Å². The average Bonchev–Trinajstić information content (AvgIpc) is 2.65. The number of rotatable bonds is 4. The van der Waals surface area contributed by atoms with Crippen molar-refractivity contribution >= 4 is 0 Å². The fraction of sp³-hybridized carbons (Fsp3) is 0.941. The third kappa shape index (κ3) is 4.30. The first-order valence-corrected chi connectivity index (χ1v) is 8.24. The quantitative estimate of drug-likeness (QED) is 0.531. The number of hydrogen-bond acceptors (Lipinski definition) is 0. The lowest BCUT2D eigenvalue weighted by Gasteiger charge is -2.31. The van der Waals surface area contributed by atoms with Crippen molar-refractivity contribution in [2.24, 2.45) is 11.8 Å². The Balaban J connectivity index is 1.80. The van der Waals surface area contributed by atoms with E-state index in [1.54, 1.807) is 0 Å². The molecule has 0 spiro atoms. The molecule has 0 aromatic carbocycles. The Bertz CT molecular complexity index is 182. The zero-order valence-corrected chi connectivity index (χ0v) is 11.8. The molecule has 0 aromatic heterocycles. The minimum Gasteiger partial charge on any atom is -0.0648 e. The lowest BCUT2D eigenvalue weighted by atomic mass is 9.74. The molecule has 0 N–H and O–H groups in total. The maximum atomic E-state index is 2.40. The van der Waals surface area contributed by atoms with Gasteiger partial charge in [-0.3, -0.25) is 0 Å². The van der Waals surface area contributed by atoms with Crippen LogP contribution in [-0.2, 0) is 0 Å². The molecule has 0 saturated heterocycles. The van der Waals surface area contributed by atoms with E-state index in [2.05, 4.69) is 6.92 Å². The van der Waals surface area contributed by atoms with Gasteiger partial charge < -0.3 is 0 Å². The van der Waals surface area contributed by atoms with Crippen LogP contribution in [0.25, 0.3) is 0 Å². The normalized spacial score (nSPS) is 25.1. The van der Waals surface area contributed by atoms with Crippen molar-refractivity contribution in [2.75, 3.05) is 0 Å². The van der Waals surface area contributed by atoms with Crippen molar-refractivity contribution in [1.82, 2.24) is 0 Å². The van der Waals surface area contributed by atoms with Crippen LogP contribution in [0.3, 0.4) is 0 Å². The summed E-state index contributed by atoms with van der Waals surface area (Å²) in [6.45, 7) is 2.40. The largest absolute Gasteiger partial charge is 0.0648 e. The molecule has 17 heavy (non-hydrogen) atoms. The van der Waals surface area contributed by atoms with Crippen molar-refractivity contribution in [3.63, 3.8) is 0 Å². The molecule has 2 aliphatic carbocycles. The Labute approximate surface area is 109 Å². The highest BCUT2D eigenvalue weighted by Crippen LogP contribution is 2.39. The van der Waals surface area contributed by atoms with E-state index in [1.165, 1.54) is 83.5 Å². The fourth-order valence-corrected chi connectivity index (χ4v) is 4.05. The van der Waals surface area contributed by atoms with Crippen molar-refractivity contribution in [3.8, 4) is 0 Å². The second-order valence-corrected chi connectivity index (χ2v) is 6.41. The monoisotopic (exact) mass is 235 g/mol. The van der Waals surface area contributed by atoms with Gasteiger partial charge in [0.15, 0.2) is 0 Å². The van der Waals surface area contributed by atoms with Crippen LogP contribution in [0.4, 0.5) is 0 Å². The molecule has 0 heterocycles. The van der Waals surface area contributed by atoms with Crippen LogP contribution >= 0.6 is 0 Å². The third-order valence-corrected chi connectivity index (χ3v) is 5.16. The molecule has 2 aliphatic rings.